The van der Waals surface area contributed by atoms with Crippen LogP contribution in [0, 0.1) is 5.41 Å². The van der Waals surface area contributed by atoms with Crippen LogP contribution in [0.4, 0.5) is 0 Å². The van der Waals surface area contributed by atoms with Crippen LogP contribution in [0.3, 0.4) is 0 Å². The molecule has 1 aliphatic rings. The fourth-order valence-electron chi connectivity index (χ4n) is 3.59. The lowest BCUT2D eigenvalue weighted by molar-refractivity contribution is -0.155. The number of benzene rings is 2. The quantitative estimate of drug-likeness (QED) is 0.340. The number of ether oxygens (including phenoxy) is 1. The van der Waals surface area contributed by atoms with Crippen LogP contribution < -0.4 is 5.73 Å². The summed E-state index contributed by atoms with van der Waals surface area (Å²) in [5.74, 6) is 0.306. The summed E-state index contributed by atoms with van der Waals surface area (Å²) in [6.45, 7) is 0. The fraction of sp³-hybridized carbons (Fsp3) is 0.364. The number of esters is 1. The monoisotopic (exact) mass is 350 g/mol. The third kappa shape index (κ3) is 4.94. The zero-order valence-corrected chi connectivity index (χ0v) is 15.0. The van der Waals surface area contributed by atoms with Crippen molar-refractivity contribution < 1.29 is 9.53 Å². The highest BCUT2D eigenvalue weighted by atomic mass is 16.5. The Morgan fingerprint density at radius 3 is 2.50 bits per heavy atom. The fourth-order valence-corrected chi connectivity index (χ4v) is 3.59. The molecule has 2 aromatic carbocycles. The van der Waals surface area contributed by atoms with Gasteiger partial charge in [-0.3, -0.25) is 10.2 Å². The third-order valence-corrected chi connectivity index (χ3v) is 5.04. The topological polar surface area (TPSA) is 76.2 Å². The van der Waals surface area contributed by atoms with Gasteiger partial charge in [0, 0.05) is 5.56 Å². The molecule has 1 heterocycles. The van der Waals surface area contributed by atoms with Gasteiger partial charge < -0.3 is 10.5 Å². The van der Waals surface area contributed by atoms with Gasteiger partial charge in [0.2, 0.25) is 0 Å². The smallest absolute Gasteiger partial charge is 0.306 e. The van der Waals surface area contributed by atoms with Crippen molar-refractivity contribution in [3.8, 4) is 0 Å². The zero-order chi connectivity index (χ0) is 18.4. The Morgan fingerprint density at radius 1 is 1.08 bits per heavy atom. The summed E-state index contributed by atoms with van der Waals surface area (Å²) in [5.41, 5.74) is 8.72. The van der Waals surface area contributed by atoms with E-state index in [4.69, 9.17) is 15.9 Å². The zero-order valence-electron chi connectivity index (χ0n) is 15.0. The Bertz CT molecular complexity index is 740. The number of unbranched alkanes of at least 4 members (excludes halogenated alkanes) is 1. The van der Waals surface area contributed by atoms with E-state index in [1.807, 2.05) is 42.5 Å². The Labute approximate surface area is 154 Å². The second kappa shape index (κ2) is 8.65. The number of carbonyl (C=O) groups excluding carboxylic acids is 1. The predicted octanol–water partition coefficient (Wildman–Crippen LogP) is 4.17. The molecule has 1 fully saturated rings. The number of aryl methyl sites for hydroxylation is 1. The highest BCUT2D eigenvalue weighted by molar-refractivity contribution is 5.94. The number of hydrogen-bond acceptors (Lipinski definition) is 3. The van der Waals surface area contributed by atoms with Gasteiger partial charge in [0.1, 0.15) is 11.9 Å². The minimum atomic E-state index is -0.0741. The lowest BCUT2D eigenvalue weighted by Crippen LogP contribution is -2.28. The molecule has 1 saturated heterocycles. The van der Waals surface area contributed by atoms with Crippen LogP contribution in [0.25, 0.3) is 0 Å². The maximum absolute atomic E-state index is 11.9. The molecule has 0 spiro atoms. The van der Waals surface area contributed by atoms with E-state index in [1.165, 1.54) is 11.1 Å². The average molecular weight is 350 g/mol. The van der Waals surface area contributed by atoms with Gasteiger partial charge in [0.15, 0.2) is 0 Å². The summed E-state index contributed by atoms with van der Waals surface area (Å²) >= 11 is 0. The molecular formula is C22H26N2O2. The standard InChI is InChI=1S/C22H26N2O2/c23-22(24)18-12-10-16(11-13-18)6-4-5-9-20-14-19(15-21(25)26-20)17-7-2-1-3-8-17/h1-3,7-8,10-13,19-20H,4-6,9,14-15H2,(H3,23,24)/t19-,20+/m0/s1. The molecule has 0 saturated carbocycles. The van der Waals surface area contributed by atoms with E-state index in [1.54, 1.807) is 0 Å². The molecule has 2 aromatic rings. The average Bonchev–Trinajstić information content (AvgIpc) is 2.66. The van der Waals surface area contributed by atoms with E-state index in [0.717, 1.165) is 37.7 Å². The van der Waals surface area contributed by atoms with Crippen molar-refractivity contribution in [2.45, 2.75) is 50.5 Å². The number of nitrogens with two attached hydrogens (primary N) is 1. The summed E-state index contributed by atoms with van der Waals surface area (Å²) in [5, 5.41) is 7.42. The van der Waals surface area contributed by atoms with Crippen LogP contribution in [-0.2, 0) is 16.0 Å². The first-order chi connectivity index (χ1) is 12.6. The van der Waals surface area contributed by atoms with E-state index in [2.05, 4.69) is 12.1 Å². The Balaban J connectivity index is 1.45. The van der Waals surface area contributed by atoms with Gasteiger partial charge in [0.25, 0.3) is 0 Å². The van der Waals surface area contributed by atoms with Crippen molar-refractivity contribution >= 4 is 11.8 Å². The third-order valence-electron chi connectivity index (χ3n) is 5.04. The number of nitrogens with one attached hydrogen (secondary N) is 1. The van der Waals surface area contributed by atoms with Crippen LogP contribution in [0.2, 0.25) is 0 Å². The largest absolute Gasteiger partial charge is 0.462 e. The summed E-state index contributed by atoms with van der Waals surface area (Å²) in [6.07, 6.45) is 5.44. The number of amidine groups is 1. The Morgan fingerprint density at radius 2 is 1.81 bits per heavy atom. The van der Waals surface area contributed by atoms with Crippen molar-refractivity contribution in [3.05, 3.63) is 71.3 Å². The number of cyclic esters (lactones) is 1. The van der Waals surface area contributed by atoms with Crippen molar-refractivity contribution in [3.63, 3.8) is 0 Å². The molecule has 0 aromatic heterocycles. The minimum absolute atomic E-state index is 0.0292. The SMILES string of the molecule is N=C(N)c1ccc(CCCC[C@@H]2C[C@H](c3ccccc3)CC(=O)O2)cc1. The molecule has 4 nitrogen and oxygen atoms in total. The van der Waals surface area contributed by atoms with E-state index in [-0.39, 0.29) is 23.8 Å². The van der Waals surface area contributed by atoms with Crippen LogP contribution in [0.5, 0.6) is 0 Å². The number of carbonyl (C=O) groups is 1. The predicted molar refractivity (Wildman–Crippen MR) is 103 cm³/mol. The molecule has 136 valence electrons. The van der Waals surface area contributed by atoms with E-state index >= 15 is 0 Å². The lowest BCUT2D eigenvalue weighted by atomic mass is 9.87. The van der Waals surface area contributed by atoms with Crippen molar-refractivity contribution in [1.29, 1.82) is 5.41 Å². The van der Waals surface area contributed by atoms with E-state index in [0.29, 0.717) is 6.42 Å². The molecule has 3 rings (SSSR count). The van der Waals surface area contributed by atoms with E-state index in [9.17, 15) is 4.79 Å². The summed E-state index contributed by atoms with van der Waals surface area (Å²) in [4.78, 5) is 11.9. The molecular weight excluding hydrogens is 324 g/mol. The number of rotatable bonds is 7. The van der Waals surface area contributed by atoms with Gasteiger partial charge in [-0.15, -0.1) is 0 Å². The van der Waals surface area contributed by atoms with Crippen LogP contribution >= 0.6 is 0 Å². The maximum atomic E-state index is 11.9. The lowest BCUT2D eigenvalue weighted by Gasteiger charge is -2.29. The molecule has 1 aliphatic heterocycles. The van der Waals surface area contributed by atoms with Gasteiger partial charge in [0.05, 0.1) is 6.42 Å². The first-order valence-corrected chi connectivity index (χ1v) is 9.29. The van der Waals surface area contributed by atoms with Crippen LogP contribution in [0.1, 0.15) is 54.7 Å². The molecule has 2 atom stereocenters. The van der Waals surface area contributed by atoms with Gasteiger partial charge in [-0.2, -0.15) is 0 Å². The van der Waals surface area contributed by atoms with Crippen molar-refractivity contribution in [2.75, 3.05) is 0 Å². The second-order valence-electron chi connectivity index (χ2n) is 7.02. The molecule has 0 unspecified atom stereocenters. The van der Waals surface area contributed by atoms with Gasteiger partial charge in [-0.25, -0.2) is 0 Å². The highest BCUT2D eigenvalue weighted by Crippen LogP contribution is 2.32. The number of nitrogen functional groups attached to an aromatic ring is 1. The normalized spacial score (nSPS) is 19.8. The maximum Gasteiger partial charge on any atom is 0.306 e. The van der Waals surface area contributed by atoms with Crippen LogP contribution in [0.15, 0.2) is 54.6 Å². The molecule has 3 N–H and O–H groups in total. The summed E-state index contributed by atoms with van der Waals surface area (Å²) < 4.78 is 5.56. The molecule has 0 aliphatic carbocycles. The molecule has 4 heteroatoms. The van der Waals surface area contributed by atoms with E-state index < -0.39 is 0 Å². The van der Waals surface area contributed by atoms with Gasteiger partial charge >= 0.3 is 5.97 Å². The molecule has 0 radical (unpaired) electrons. The summed E-state index contributed by atoms with van der Waals surface area (Å²) in [6, 6.07) is 18.1. The second-order valence-corrected chi connectivity index (χ2v) is 7.02. The molecule has 0 bridgehead atoms. The summed E-state index contributed by atoms with van der Waals surface area (Å²) in [7, 11) is 0. The minimum Gasteiger partial charge on any atom is -0.462 e. The molecule has 0 amide bonds. The van der Waals surface area contributed by atoms with Gasteiger partial charge in [-0.05, 0) is 49.1 Å². The van der Waals surface area contributed by atoms with Crippen molar-refractivity contribution in [2.24, 2.45) is 5.73 Å². The molecule has 26 heavy (non-hydrogen) atoms. The first kappa shape index (κ1) is 18.2. The Hall–Kier alpha value is -2.62. The number of hydrogen-bond donors (Lipinski definition) is 2. The van der Waals surface area contributed by atoms with Crippen LogP contribution in [-0.4, -0.2) is 17.9 Å². The first-order valence-electron chi connectivity index (χ1n) is 9.29. The van der Waals surface area contributed by atoms with Crippen molar-refractivity contribution in [1.82, 2.24) is 0 Å². The Kier molecular flexibility index (Phi) is 6.05. The van der Waals surface area contributed by atoms with Gasteiger partial charge in [-0.1, -0.05) is 54.6 Å². The highest BCUT2D eigenvalue weighted by Gasteiger charge is 2.29.